The van der Waals surface area contributed by atoms with Gasteiger partial charge >= 0.3 is 5.97 Å². The molecule has 1 aliphatic heterocycles. The van der Waals surface area contributed by atoms with Crippen molar-refractivity contribution in [2.24, 2.45) is 0 Å². The summed E-state index contributed by atoms with van der Waals surface area (Å²) in [6.07, 6.45) is 8.15. The Kier molecular flexibility index (Phi) is 7.76. The summed E-state index contributed by atoms with van der Waals surface area (Å²) in [5.74, 6) is -0.0393. The molecule has 3 rings (SSSR count). The van der Waals surface area contributed by atoms with E-state index in [9.17, 15) is 9.59 Å². The van der Waals surface area contributed by atoms with Gasteiger partial charge in [-0.15, -0.1) is 0 Å². The van der Waals surface area contributed by atoms with E-state index < -0.39 is 0 Å². The molecule has 2 heterocycles. The summed E-state index contributed by atoms with van der Waals surface area (Å²) in [4.78, 5) is 29.8. The van der Waals surface area contributed by atoms with Crippen LogP contribution in [0.1, 0.15) is 47.2 Å². The molecule has 1 atom stereocenters. The van der Waals surface area contributed by atoms with Gasteiger partial charge in [0.2, 0.25) is 5.91 Å². The number of hydrogen-bond acceptors (Lipinski definition) is 5. The van der Waals surface area contributed by atoms with Crippen molar-refractivity contribution < 1.29 is 14.3 Å². The molecule has 1 saturated heterocycles. The van der Waals surface area contributed by atoms with Crippen LogP contribution in [-0.2, 0) is 22.5 Å². The summed E-state index contributed by atoms with van der Waals surface area (Å²) in [6, 6.07) is 11.8. The van der Waals surface area contributed by atoms with Crippen LogP contribution in [-0.4, -0.2) is 48.0 Å². The first-order chi connectivity index (χ1) is 14.2. The summed E-state index contributed by atoms with van der Waals surface area (Å²) < 4.78 is 4.71. The fourth-order valence-electron chi connectivity index (χ4n) is 3.78. The number of nitrogens with one attached hydrogen (secondary N) is 1. The third kappa shape index (κ3) is 6.12. The van der Waals surface area contributed by atoms with E-state index >= 15 is 0 Å². The van der Waals surface area contributed by atoms with Crippen molar-refractivity contribution in [2.75, 3.05) is 20.2 Å². The molecule has 1 aromatic heterocycles. The number of carbonyl (C=O) groups excluding carboxylic acids is 2. The minimum Gasteiger partial charge on any atom is -0.465 e. The number of amides is 1. The number of ether oxygens (including phenoxy) is 1. The normalized spacial score (nSPS) is 16.2. The number of esters is 1. The Morgan fingerprint density at radius 1 is 1.17 bits per heavy atom. The predicted molar refractivity (Wildman–Crippen MR) is 111 cm³/mol. The van der Waals surface area contributed by atoms with Gasteiger partial charge < -0.3 is 15.0 Å². The molecular formula is C23H29N3O3. The second-order valence-electron chi connectivity index (χ2n) is 7.39. The van der Waals surface area contributed by atoms with Crippen molar-refractivity contribution in [3.8, 4) is 0 Å². The van der Waals surface area contributed by atoms with Crippen LogP contribution >= 0.6 is 0 Å². The van der Waals surface area contributed by atoms with Gasteiger partial charge in [-0.3, -0.25) is 9.78 Å². The zero-order valence-electron chi connectivity index (χ0n) is 17.0. The van der Waals surface area contributed by atoms with Gasteiger partial charge in [0.15, 0.2) is 0 Å². The third-order valence-corrected chi connectivity index (χ3v) is 5.42. The maximum absolute atomic E-state index is 12.3. The molecule has 1 aromatic carbocycles. The Balaban J connectivity index is 1.38. The first-order valence-electron chi connectivity index (χ1n) is 10.2. The lowest BCUT2D eigenvalue weighted by Crippen LogP contribution is -2.36. The van der Waals surface area contributed by atoms with Crippen molar-refractivity contribution in [1.29, 1.82) is 0 Å². The number of aromatic nitrogens is 1. The van der Waals surface area contributed by atoms with Crippen molar-refractivity contribution in [1.82, 2.24) is 15.2 Å². The maximum atomic E-state index is 12.3. The third-order valence-electron chi connectivity index (χ3n) is 5.42. The molecule has 29 heavy (non-hydrogen) atoms. The molecule has 0 saturated carbocycles. The highest BCUT2D eigenvalue weighted by Crippen LogP contribution is 2.22. The SMILES string of the molecule is COC(=O)c1ccc(CNCCC2CCC(=O)N2CCCc2ccncc2)cc1. The summed E-state index contributed by atoms with van der Waals surface area (Å²) in [7, 11) is 1.38. The Morgan fingerprint density at radius 2 is 1.93 bits per heavy atom. The first-order valence-corrected chi connectivity index (χ1v) is 10.2. The number of pyridine rings is 1. The van der Waals surface area contributed by atoms with Crippen molar-refractivity contribution in [3.63, 3.8) is 0 Å². The number of nitrogens with zero attached hydrogens (tertiary/aromatic N) is 2. The first kappa shape index (κ1) is 21.0. The van der Waals surface area contributed by atoms with E-state index in [1.54, 1.807) is 12.1 Å². The standard InChI is InChI=1S/C23H29N3O3/c1-29-23(28)20-6-4-19(5-7-20)17-25-15-12-21-8-9-22(27)26(21)16-2-3-18-10-13-24-14-11-18/h4-7,10-11,13-14,21,25H,2-3,8-9,12,15-17H2,1H3. The second kappa shape index (κ2) is 10.7. The van der Waals surface area contributed by atoms with E-state index in [-0.39, 0.29) is 11.9 Å². The quantitative estimate of drug-likeness (QED) is 0.495. The molecule has 1 N–H and O–H groups in total. The van der Waals surface area contributed by atoms with Gasteiger partial charge in [0.25, 0.3) is 0 Å². The fourth-order valence-corrected chi connectivity index (χ4v) is 3.78. The molecule has 0 bridgehead atoms. The second-order valence-corrected chi connectivity index (χ2v) is 7.39. The predicted octanol–water partition coefficient (Wildman–Crippen LogP) is 2.97. The maximum Gasteiger partial charge on any atom is 0.337 e. The Morgan fingerprint density at radius 3 is 2.66 bits per heavy atom. The van der Waals surface area contributed by atoms with E-state index in [2.05, 4.69) is 15.2 Å². The largest absolute Gasteiger partial charge is 0.465 e. The van der Waals surface area contributed by atoms with Crippen LogP contribution in [0.2, 0.25) is 0 Å². The molecule has 0 spiro atoms. The number of likely N-dealkylation sites (tertiary alicyclic amines) is 1. The Bertz CT molecular complexity index is 793. The Labute approximate surface area is 172 Å². The number of aryl methyl sites for hydroxylation is 1. The number of hydrogen-bond donors (Lipinski definition) is 1. The molecule has 6 heteroatoms. The van der Waals surface area contributed by atoms with Gasteiger partial charge in [0.05, 0.1) is 12.7 Å². The topological polar surface area (TPSA) is 71.5 Å². The average Bonchev–Trinajstić information content (AvgIpc) is 3.11. The highest BCUT2D eigenvalue weighted by molar-refractivity contribution is 5.89. The molecule has 2 aromatic rings. The fraction of sp³-hybridized carbons (Fsp3) is 0.435. The zero-order valence-corrected chi connectivity index (χ0v) is 17.0. The van der Waals surface area contributed by atoms with Crippen LogP contribution in [0.3, 0.4) is 0 Å². The lowest BCUT2D eigenvalue weighted by Gasteiger charge is -2.25. The molecular weight excluding hydrogens is 366 g/mol. The van der Waals surface area contributed by atoms with Crippen LogP contribution in [0.5, 0.6) is 0 Å². The van der Waals surface area contributed by atoms with Crippen molar-refractivity contribution >= 4 is 11.9 Å². The van der Waals surface area contributed by atoms with Crippen molar-refractivity contribution in [2.45, 2.75) is 44.7 Å². The van der Waals surface area contributed by atoms with Crippen molar-refractivity contribution in [3.05, 3.63) is 65.5 Å². The number of rotatable bonds is 10. The highest BCUT2D eigenvalue weighted by Gasteiger charge is 2.29. The van der Waals surface area contributed by atoms with Gasteiger partial charge in [0, 0.05) is 37.9 Å². The molecule has 1 unspecified atom stereocenters. The monoisotopic (exact) mass is 395 g/mol. The van der Waals surface area contributed by atoms with Crippen LogP contribution in [0.4, 0.5) is 0 Å². The number of benzene rings is 1. The highest BCUT2D eigenvalue weighted by atomic mass is 16.5. The zero-order chi connectivity index (χ0) is 20.5. The van der Waals surface area contributed by atoms with E-state index in [0.717, 1.165) is 50.9 Å². The van der Waals surface area contributed by atoms with E-state index in [1.807, 2.05) is 36.7 Å². The summed E-state index contributed by atoms with van der Waals surface area (Å²) in [5.41, 5.74) is 2.94. The van der Waals surface area contributed by atoms with Crippen LogP contribution in [0.15, 0.2) is 48.8 Å². The van der Waals surface area contributed by atoms with Crippen LogP contribution in [0.25, 0.3) is 0 Å². The van der Waals surface area contributed by atoms with Gasteiger partial charge in [-0.05, 0) is 67.6 Å². The summed E-state index contributed by atoms with van der Waals surface area (Å²) >= 11 is 0. The molecule has 0 aliphatic carbocycles. The van der Waals surface area contributed by atoms with Crippen LogP contribution < -0.4 is 5.32 Å². The molecule has 1 aliphatic rings. The lowest BCUT2D eigenvalue weighted by atomic mass is 10.1. The van der Waals surface area contributed by atoms with Gasteiger partial charge in [-0.25, -0.2) is 4.79 Å². The summed E-state index contributed by atoms with van der Waals surface area (Å²) in [5, 5.41) is 3.45. The Hall–Kier alpha value is -2.73. The molecule has 1 fully saturated rings. The molecule has 6 nitrogen and oxygen atoms in total. The van der Waals surface area contributed by atoms with E-state index in [0.29, 0.717) is 18.0 Å². The molecule has 1 amide bonds. The van der Waals surface area contributed by atoms with Crippen LogP contribution in [0, 0.1) is 0 Å². The number of methoxy groups -OCH3 is 1. The van der Waals surface area contributed by atoms with E-state index in [1.165, 1.54) is 12.7 Å². The summed E-state index contributed by atoms with van der Waals surface area (Å²) in [6.45, 7) is 2.42. The minimum atomic E-state index is -0.320. The molecule has 154 valence electrons. The lowest BCUT2D eigenvalue weighted by molar-refractivity contribution is -0.129. The van der Waals surface area contributed by atoms with Gasteiger partial charge in [-0.1, -0.05) is 12.1 Å². The number of carbonyl (C=O) groups is 2. The average molecular weight is 396 g/mol. The van der Waals surface area contributed by atoms with Gasteiger partial charge in [0.1, 0.15) is 0 Å². The smallest absolute Gasteiger partial charge is 0.337 e. The van der Waals surface area contributed by atoms with Gasteiger partial charge in [-0.2, -0.15) is 0 Å². The minimum absolute atomic E-state index is 0.281. The molecule has 0 radical (unpaired) electrons. The van der Waals surface area contributed by atoms with E-state index in [4.69, 9.17) is 4.74 Å².